The van der Waals surface area contributed by atoms with E-state index in [1.165, 1.54) is 18.4 Å². The van der Waals surface area contributed by atoms with Crippen LogP contribution in [0.2, 0.25) is 0 Å². The number of ether oxygens (including phenoxy) is 1. The van der Waals surface area contributed by atoms with Gasteiger partial charge in [0, 0.05) is 19.0 Å². The highest BCUT2D eigenvalue weighted by Crippen LogP contribution is 2.39. The minimum Gasteiger partial charge on any atom is -0.439 e. The molecule has 4 nitrogen and oxygen atoms in total. The van der Waals surface area contributed by atoms with Gasteiger partial charge in [0.1, 0.15) is 17.4 Å². The molecule has 1 aromatic heterocycles. The molecule has 1 aromatic carbocycles. The SMILES string of the molecule is CCc1cccc(Oc2cc(NC)nc(C3CC3)n2)c1. The highest BCUT2D eigenvalue weighted by Gasteiger charge is 2.27. The summed E-state index contributed by atoms with van der Waals surface area (Å²) in [4.78, 5) is 9.01. The van der Waals surface area contributed by atoms with Crippen LogP contribution < -0.4 is 10.1 Å². The van der Waals surface area contributed by atoms with Gasteiger partial charge in [0.15, 0.2) is 0 Å². The molecular formula is C16H19N3O. The summed E-state index contributed by atoms with van der Waals surface area (Å²) in [6.45, 7) is 2.13. The van der Waals surface area contributed by atoms with Crippen LogP contribution in [0.5, 0.6) is 11.6 Å². The van der Waals surface area contributed by atoms with E-state index in [0.29, 0.717) is 11.8 Å². The van der Waals surface area contributed by atoms with Gasteiger partial charge in [0.25, 0.3) is 0 Å². The van der Waals surface area contributed by atoms with Crippen molar-refractivity contribution in [3.8, 4) is 11.6 Å². The van der Waals surface area contributed by atoms with Crippen molar-refractivity contribution in [2.24, 2.45) is 0 Å². The largest absolute Gasteiger partial charge is 0.439 e. The van der Waals surface area contributed by atoms with Gasteiger partial charge < -0.3 is 10.1 Å². The quantitative estimate of drug-likeness (QED) is 0.898. The molecule has 0 saturated heterocycles. The molecule has 1 heterocycles. The molecule has 0 atom stereocenters. The minimum absolute atomic E-state index is 0.507. The first-order valence-electron chi connectivity index (χ1n) is 7.12. The molecule has 0 aliphatic heterocycles. The molecule has 20 heavy (non-hydrogen) atoms. The van der Waals surface area contributed by atoms with Crippen LogP contribution in [-0.2, 0) is 6.42 Å². The summed E-state index contributed by atoms with van der Waals surface area (Å²) in [5, 5.41) is 3.07. The lowest BCUT2D eigenvalue weighted by Gasteiger charge is -2.09. The maximum Gasteiger partial charge on any atom is 0.224 e. The number of hydrogen-bond donors (Lipinski definition) is 1. The predicted octanol–water partition coefficient (Wildman–Crippen LogP) is 3.75. The normalized spacial score (nSPS) is 14.1. The average molecular weight is 269 g/mol. The fraction of sp³-hybridized carbons (Fsp3) is 0.375. The summed E-state index contributed by atoms with van der Waals surface area (Å²) in [7, 11) is 1.86. The van der Waals surface area contributed by atoms with Crippen molar-refractivity contribution in [2.75, 3.05) is 12.4 Å². The molecule has 0 radical (unpaired) electrons. The summed E-state index contributed by atoms with van der Waals surface area (Å²) in [6.07, 6.45) is 3.35. The Morgan fingerprint density at radius 2 is 2.10 bits per heavy atom. The number of nitrogens with one attached hydrogen (secondary N) is 1. The molecule has 1 aliphatic rings. The molecule has 1 saturated carbocycles. The van der Waals surface area contributed by atoms with E-state index in [2.05, 4.69) is 34.3 Å². The Balaban J connectivity index is 1.86. The van der Waals surface area contributed by atoms with Gasteiger partial charge in [-0.25, -0.2) is 4.98 Å². The molecular weight excluding hydrogens is 250 g/mol. The second-order valence-corrected chi connectivity index (χ2v) is 5.08. The highest BCUT2D eigenvalue weighted by molar-refractivity contribution is 5.40. The van der Waals surface area contributed by atoms with Gasteiger partial charge in [-0.15, -0.1) is 0 Å². The Hall–Kier alpha value is -2.10. The first-order chi connectivity index (χ1) is 9.78. The third-order valence-corrected chi connectivity index (χ3v) is 3.45. The van der Waals surface area contributed by atoms with Gasteiger partial charge in [-0.1, -0.05) is 19.1 Å². The summed E-state index contributed by atoms with van der Waals surface area (Å²) in [5.41, 5.74) is 1.26. The van der Waals surface area contributed by atoms with E-state index in [-0.39, 0.29) is 0 Å². The monoisotopic (exact) mass is 269 g/mol. The fourth-order valence-electron chi connectivity index (χ4n) is 2.10. The lowest BCUT2D eigenvalue weighted by molar-refractivity contribution is 0.458. The third-order valence-electron chi connectivity index (χ3n) is 3.45. The van der Waals surface area contributed by atoms with E-state index in [9.17, 15) is 0 Å². The van der Waals surface area contributed by atoms with Gasteiger partial charge >= 0.3 is 0 Å². The standard InChI is InChI=1S/C16H19N3O/c1-3-11-5-4-6-13(9-11)20-15-10-14(17-2)18-16(19-15)12-7-8-12/h4-6,9-10,12H,3,7-8H2,1-2H3,(H,17,18,19). The predicted molar refractivity (Wildman–Crippen MR) is 79.4 cm³/mol. The lowest BCUT2D eigenvalue weighted by atomic mass is 10.2. The van der Waals surface area contributed by atoms with E-state index >= 15 is 0 Å². The van der Waals surface area contributed by atoms with Gasteiger partial charge in [0.05, 0.1) is 0 Å². The zero-order valence-corrected chi connectivity index (χ0v) is 11.9. The second-order valence-electron chi connectivity index (χ2n) is 5.08. The smallest absolute Gasteiger partial charge is 0.224 e. The molecule has 3 rings (SSSR count). The van der Waals surface area contributed by atoms with E-state index in [1.54, 1.807) is 0 Å². The van der Waals surface area contributed by atoms with Gasteiger partial charge in [-0.05, 0) is 37.0 Å². The van der Waals surface area contributed by atoms with Crippen LogP contribution in [0, 0.1) is 0 Å². The number of aromatic nitrogens is 2. The zero-order chi connectivity index (χ0) is 13.9. The van der Waals surface area contributed by atoms with Crippen LogP contribution in [0.25, 0.3) is 0 Å². The van der Waals surface area contributed by atoms with E-state index in [4.69, 9.17) is 4.74 Å². The number of anilines is 1. The highest BCUT2D eigenvalue weighted by atomic mass is 16.5. The molecule has 2 aromatic rings. The van der Waals surface area contributed by atoms with Crippen molar-refractivity contribution in [3.05, 3.63) is 41.7 Å². The molecule has 1 aliphatic carbocycles. The van der Waals surface area contributed by atoms with Crippen LogP contribution in [0.4, 0.5) is 5.82 Å². The number of benzene rings is 1. The molecule has 0 bridgehead atoms. The molecule has 1 fully saturated rings. The van der Waals surface area contributed by atoms with Crippen LogP contribution >= 0.6 is 0 Å². The molecule has 4 heteroatoms. The van der Waals surface area contributed by atoms with E-state index in [0.717, 1.165) is 23.8 Å². The van der Waals surface area contributed by atoms with Crippen molar-refractivity contribution in [3.63, 3.8) is 0 Å². The van der Waals surface area contributed by atoms with E-state index in [1.807, 2.05) is 25.2 Å². The second kappa shape index (κ2) is 5.49. The fourth-order valence-corrected chi connectivity index (χ4v) is 2.10. The Morgan fingerprint density at radius 1 is 1.25 bits per heavy atom. The average Bonchev–Trinajstić information content (AvgIpc) is 3.31. The maximum atomic E-state index is 5.89. The van der Waals surface area contributed by atoms with Gasteiger partial charge in [-0.3, -0.25) is 0 Å². The van der Waals surface area contributed by atoms with Gasteiger partial charge in [0.2, 0.25) is 5.88 Å². The van der Waals surface area contributed by atoms with Crippen molar-refractivity contribution in [2.45, 2.75) is 32.1 Å². The molecule has 0 amide bonds. The Kier molecular flexibility index (Phi) is 3.54. The maximum absolute atomic E-state index is 5.89. The third kappa shape index (κ3) is 2.90. The van der Waals surface area contributed by atoms with Crippen LogP contribution in [0.3, 0.4) is 0 Å². The summed E-state index contributed by atoms with van der Waals surface area (Å²) < 4.78 is 5.89. The molecule has 1 N–H and O–H groups in total. The van der Waals surface area contributed by atoms with Crippen molar-refractivity contribution >= 4 is 5.82 Å². The first kappa shape index (κ1) is 12.9. The van der Waals surface area contributed by atoms with Crippen molar-refractivity contribution in [1.29, 1.82) is 0 Å². The Labute approximate surface area is 119 Å². The topological polar surface area (TPSA) is 47.0 Å². The number of nitrogens with zero attached hydrogens (tertiary/aromatic N) is 2. The first-order valence-corrected chi connectivity index (χ1v) is 7.12. The summed E-state index contributed by atoms with van der Waals surface area (Å²) in [5.74, 6) is 3.64. The van der Waals surface area contributed by atoms with Crippen LogP contribution in [0.15, 0.2) is 30.3 Å². The summed E-state index contributed by atoms with van der Waals surface area (Å²) in [6, 6.07) is 9.96. The molecule has 104 valence electrons. The number of hydrogen-bond acceptors (Lipinski definition) is 4. The molecule has 0 unspecified atom stereocenters. The van der Waals surface area contributed by atoms with Crippen molar-refractivity contribution in [1.82, 2.24) is 9.97 Å². The minimum atomic E-state index is 0.507. The number of aryl methyl sites for hydroxylation is 1. The van der Waals surface area contributed by atoms with Gasteiger partial charge in [-0.2, -0.15) is 4.98 Å². The Bertz CT molecular complexity index is 608. The van der Waals surface area contributed by atoms with Crippen LogP contribution in [-0.4, -0.2) is 17.0 Å². The van der Waals surface area contributed by atoms with E-state index < -0.39 is 0 Å². The zero-order valence-electron chi connectivity index (χ0n) is 11.9. The Morgan fingerprint density at radius 3 is 2.80 bits per heavy atom. The lowest BCUT2D eigenvalue weighted by Crippen LogP contribution is -2.01. The number of rotatable bonds is 5. The van der Waals surface area contributed by atoms with Crippen LogP contribution in [0.1, 0.15) is 37.1 Å². The summed E-state index contributed by atoms with van der Waals surface area (Å²) >= 11 is 0. The molecule has 0 spiro atoms. The van der Waals surface area contributed by atoms with Crippen molar-refractivity contribution < 1.29 is 4.74 Å².